The number of alkyl carbamates (subject to hydrolysis) is 1. The van der Waals surface area contributed by atoms with Crippen molar-refractivity contribution in [1.82, 2.24) is 24.8 Å². The largest absolute Gasteiger partial charge is 0.658 e. The molecule has 3 aliphatic rings. The summed E-state index contributed by atoms with van der Waals surface area (Å²) >= 11 is 0. The lowest BCUT2D eigenvalue weighted by Gasteiger charge is -2.40. The lowest BCUT2D eigenvalue weighted by Crippen LogP contribution is -2.61. The van der Waals surface area contributed by atoms with Crippen LogP contribution < -0.4 is 20.1 Å². The van der Waals surface area contributed by atoms with E-state index in [9.17, 15) is 4.79 Å². The van der Waals surface area contributed by atoms with Gasteiger partial charge in [-0.05, 0) is 121 Å². The first-order valence-corrected chi connectivity index (χ1v) is 45.3. The zero-order chi connectivity index (χ0) is 73.8. The number of hydrogen-bond donors (Lipinski definition) is 2. The van der Waals surface area contributed by atoms with Gasteiger partial charge in [0.05, 0.1) is 59.7 Å². The first kappa shape index (κ1) is 78.3. The van der Waals surface area contributed by atoms with Crippen molar-refractivity contribution in [3.8, 4) is 22.6 Å². The van der Waals surface area contributed by atoms with E-state index in [-0.39, 0.29) is 58.1 Å². The molecule has 0 radical (unpaired) electrons. The normalized spacial score (nSPS) is 18.2. The monoisotopic (exact) mass is 1490 g/mol. The van der Waals surface area contributed by atoms with Gasteiger partial charge in [0.25, 0.3) is 6.48 Å². The SMILES string of the molecule is COCCOC(OCCOC)[18O][C@@H]1[C@H](OC(=O)[C@H](Cc2ccccc2)NC(=O)OCC2c3ccccc3-c3ccccc32)[C@@H](CO[Si](OC2CCCCCCCCCCC2)(O[Si](C)(C)C)O[Si](C)(C)C)O[C@H]1n1cnc2c(NC(c3ccccc3)(c3ccc(OC)cc3)c3ccc(OC)cc3)ncnc21. The highest BCUT2D eigenvalue weighted by atomic mass is 28.5. The Morgan fingerprint density at radius 3 is 1.68 bits per heavy atom. The Hall–Kier alpha value is -7.74. The highest BCUT2D eigenvalue weighted by molar-refractivity contribution is 6.83. The molecule has 1 aliphatic heterocycles. The number of carbonyl (C=O) groups excluding carboxylic acids is 2. The fraction of sp³-hybridized carbons (Fsp3) is 0.463. The number of nitrogens with one attached hydrogen (secondary N) is 2. The van der Waals surface area contributed by atoms with E-state index in [2.05, 4.69) is 86.3 Å². The van der Waals surface area contributed by atoms with Gasteiger partial charge in [0.1, 0.15) is 48.2 Å². The zero-order valence-electron chi connectivity index (χ0n) is 62.3. The Labute approximate surface area is 621 Å². The van der Waals surface area contributed by atoms with Gasteiger partial charge >= 0.3 is 21.1 Å². The second-order valence-electron chi connectivity index (χ2n) is 28.8. The molecule has 2 aromatic heterocycles. The molecule has 0 unspecified atom stereocenters. The Balaban J connectivity index is 1.03. The summed E-state index contributed by atoms with van der Waals surface area (Å²) in [7, 11) is -3.07. The van der Waals surface area contributed by atoms with Crippen LogP contribution in [0.1, 0.15) is 116 Å². The minimum absolute atomic E-state index is 0.00260. The Bertz CT molecular complexity index is 3890. The van der Waals surface area contributed by atoms with Crippen molar-refractivity contribution in [3.05, 3.63) is 204 Å². The molecule has 8 aromatic rings. The second kappa shape index (κ2) is 37.2. The molecule has 1 saturated heterocycles. The highest BCUT2D eigenvalue weighted by Crippen LogP contribution is 2.46. The van der Waals surface area contributed by atoms with E-state index < -0.39 is 80.3 Å². The lowest BCUT2D eigenvalue weighted by atomic mass is 9.77. The number of ether oxygens (including phenoxy) is 10. The summed E-state index contributed by atoms with van der Waals surface area (Å²) in [6.45, 7) is 11.3. The minimum atomic E-state index is -4.25. The van der Waals surface area contributed by atoms with Crippen LogP contribution in [0.25, 0.3) is 22.3 Å². The van der Waals surface area contributed by atoms with Crippen LogP contribution in [-0.4, -0.2) is 162 Å². The first-order chi connectivity index (χ1) is 50.9. The standard InChI is InChI=1S/C80H104N6O16Si3/c1-89-48-50-93-79(94-51-49-90-2)99-73-72(98-77(87)69(52-57-30-20-18-21-31-57)84-78(88)95-53-68-66-38-28-26-36-64(66)65-37-27-29-39-67(65)68)70(54-96-105(101-103(5,6)7,102-104(8,9)10)100-63-34-24-16-14-12-11-13-15-17-25-35-63)97-76(73)86-56-83-71-74(81-55-82-75(71)86)85-80(58-32-22-19-23-33-58,59-40-44-61(91-3)45-41-59)60-42-46-62(92-4)47-43-60/h18-23,26-33,36-47,55-56,63,68-70,72-73,76,79H,11-17,24-25,34-35,48-54H2,1-10H3,(H,84,88)(H,81,82,85)/t69-,70+,72+,73+,76+/m0/s1/i99+2. The molecule has 5 atom stereocenters. The molecule has 25 heteroatoms. The molecular weight excluding hydrogens is 1390 g/mol. The van der Waals surface area contributed by atoms with E-state index in [1.807, 2.05) is 121 Å². The number of anilines is 1. The quantitative estimate of drug-likeness (QED) is 0.00953. The van der Waals surface area contributed by atoms with Gasteiger partial charge in [0, 0.05) is 26.6 Å². The molecule has 6 aromatic carbocycles. The zero-order valence-corrected chi connectivity index (χ0v) is 65.3. The second-order valence-corrected chi connectivity index (χ2v) is 40.4. The fourth-order valence-electron chi connectivity index (χ4n) is 14.0. The van der Waals surface area contributed by atoms with Gasteiger partial charge in [-0.3, -0.25) is 4.57 Å². The topological polar surface area (TPSA) is 231 Å². The average Bonchev–Trinajstić information content (AvgIpc) is 1.27. The van der Waals surface area contributed by atoms with E-state index in [0.717, 1.165) is 95.9 Å². The smallest absolute Gasteiger partial charge is 0.497 e. The summed E-state index contributed by atoms with van der Waals surface area (Å²) in [5.41, 5.74) is 7.05. The van der Waals surface area contributed by atoms with E-state index in [4.69, 9.17) is 79.4 Å². The van der Waals surface area contributed by atoms with Crippen molar-refractivity contribution in [2.24, 2.45) is 0 Å². The number of hydrogen-bond acceptors (Lipinski definition) is 20. The number of imidazole rings is 1. The number of carbonyl (C=O) groups is 2. The van der Waals surface area contributed by atoms with E-state index in [0.29, 0.717) is 28.5 Å². The number of nitrogens with zero attached hydrogens (tertiary/aromatic N) is 4. The van der Waals surface area contributed by atoms with Crippen molar-refractivity contribution in [2.75, 3.05) is 73.4 Å². The van der Waals surface area contributed by atoms with Gasteiger partial charge < -0.3 is 75.1 Å². The van der Waals surface area contributed by atoms with Crippen LogP contribution in [-0.2, 0) is 71.7 Å². The van der Waals surface area contributed by atoms with Crippen molar-refractivity contribution in [2.45, 2.75) is 171 Å². The summed E-state index contributed by atoms with van der Waals surface area (Å²) in [6.07, 6.45) is 8.46. The molecule has 1 amide bonds. The third kappa shape index (κ3) is 20.5. The summed E-state index contributed by atoms with van der Waals surface area (Å²) in [4.78, 5) is 45.7. The number of rotatable bonds is 34. The molecule has 2 aliphatic carbocycles. The van der Waals surface area contributed by atoms with Crippen LogP contribution >= 0.6 is 0 Å². The number of methoxy groups -OCH3 is 4. The van der Waals surface area contributed by atoms with Crippen molar-refractivity contribution in [1.29, 1.82) is 0 Å². The maximum Gasteiger partial charge on any atom is 0.658 e. The molecule has 562 valence electrons. The third-order valence-corrected chi connectivity index (χ3v) is 27.0. The van der Waals surface area contributed by atoms with Crippen LogP contribution in [0.3, 0.4) is 0 Å². The molecular formula is C80H104N6O16Si3. The molecule has 105 heavy (non-hydrogen) atoms. The van der Waals surface area contributed by atoms with Crippen LogP contribution in [0.15, 0.2) is 170 Å². The summed E-state index contributed by atoms with van der Waals surface area (Å²) in [6, 6.07) is 50.1. The van der Waals surface area contributed by atoms with Gasteiger partial charge in [-0.2, -0.15) is 0 Å². The van der Waals surface area contributed by atoms with Crippen molar-refractivity contribution >= 4 is 54.7 Å². The summed E-state index contributed by atoms with van der Waals surface area (Å²) < 4.78 is 94.1. The van der Waals surface area contributed by atoms with Crippen LogP contribution in [0, 0.1) is 0 Å². The molecule has 3 heterocycles. The number of aromatic nitrogens is 4. The maximum atomic E-state index is 16.0. The van der Waals surface area contributed by atoms with Crippen LogP contribution in [0.4, 0.5) is 10.6 Å². The average molecular weight is 1490 g/mol. The fourth-order valence-corrected chi connectivity index (χ4v) is 22.5. The predicted octanol–water partition coefficient (Wildman–Crippen LogP) is 15.0. The van der Waals surface area contributed by atoms with Crippen molar-refractivity contribution < 1.29 is 74.0 Å². The lowest BCUT2D eigenvalue weighted by molar-refractivity contribution is -0.321. The molecule has 11 rings (SSSR count). The van der Waals surface area contributed by atoms with Crippen LogP contribution in [0.2, 0.25) is 39.3 Å². The molecule has 2 N–H and O–H groups in total. The molecule has 22 nitrogen and oxygen atoms in total. The Morgan fingerprint density at radius 1 is 0.610 bits per heavy atom. The third-order valence-electron chi connectivity index (χ3n) is 18.9. The Kier molecular flexibility index (Phi) is 27.7. The number of amides is 1. The number of esters is 1. The molecule has 0 spiro atoms. The summed E-state index contributed by atoms with van der Waals surface area (Å²) in [5, 5.41) is 6.85. The van der Waals surface area contributed by atoms with Crippen LogP contribution in [0.5, 0.6) is 11.5 Å². The van der Waals surface area contributed by atoms with E-state index in [1.54, 1.807) is 39.3 Å². The van der Waals surface area contributed by atoms with Crippen molar-refractivity contribution in [3.63, 3.8) is 0 Å². The van der Waals surface area contributed by atoms with Gasteiger partial charge in [0.15, 0.2) is 45.9 Å². The molecule has 2 fully saturated rings. The van der Waals surface area contributed by atoms with Gasteiger partial charge in [-0.25, -0.2) is 24.5 Å². The van der Waals surface area contributed by atoms with E-state index in [1.165, 1.54) is 25.6 Å². The van der Waals surface area contributed by atoms with Gasteiger partial charge in [0.2, 0.25) is 0 Å². The highest BCUT2D eigenvalue weighted by Gasteiger charge is 2.57. The van der Waals surface area contributed by atoms with Gasteiger partial charge in [-0.1, -0.05) is 191 Å². The number of benzene rings is 6. The number of fused-ring (bicyclic) bond motifs is 4. The molecule has 1 saturated carbocycles. The Morgan fingerprint density at radius 2 is 1.13 bits per heavy atom. The maximum absolute atomic E-state index is 16.0. The first-order valence-electron chi connectivity index (χ1n) is 36.8. The predicted molar refractivity (Wildman–Crippen MR) is 408 cm³/mol. The van der Waals surface area contributed by atoms with E-state index >= 15 is 4.79 Å². The minimum Gasteiger partial charge on any atom is -0.497 e. The molecule has 0 bridgehead atoms. The summed E-state index contributed by atoms with van der Waals surface area (Å²) in [5.74, 6) is 0.612. The van der Waals surface area contributed by atoms with Gasteiger partial charge in [-0.15, -0.1) is 0 Å².